The maximum atomic E-state index is 4.55. The molecular formula is C30H54N2Si. The van der Waals surface area contributed by atoms with E-state index in [4.69, 9.17) is 0 Å². The molecule has 4 unspecified atom stereocenters. The van der Waals surface area contributed by atoms with E-state index < -0.39 is 8.24 Å². The number of rotatable bonds is 5. The third-order valence-electron chi connectivity index (χ3n) is 9.84. The van der Waals surface area contributed by atoms with Gasteiger partial charge in [-0.15, -0.1) is 0 Å². The number of para-hydroxylation sites is 1. The Labute approximate surface area is 207 Å². The lowest BCUT2D eigenvalue weighted by atomic mass is 9.92. The van der Waals surface area contributed by atoms with Gasteiger partial charge in [0.25, 0.3) is 0 Å². The standard InChI is InChI=1S/C30H54N2Si/c1-23-24(2)26(4)30(25(23)3)33(7,29-22-18-17-21-28(29)32(5)6)31-27-19-15-13-11-9-8-10-12-14-16-20-27/h17-18,21-27,30-31H,8-16,19-20H2,1-7H3/t23?,24?,25?,26?,30?,33-/m1/s1. The summed E-state index contributed by atoms with van der Waals surface area (Å²) in [6, 6.07) is 10.1. The zero-order chi connectivity index (χ0) is 24.0. The van der Waals surface area contributed by atoms with Crippen molar-refractivity contribution in [2.75, 3.05) is 19.0 Å². The van der Waals surface area contributed by atoms with Crippen molar-refractivity contribution in [1.82, 2.24) is 4.98 Å². The highest BCUT2D eigenvalue weighted by atomic mass is 28.3. The van der Waals surface area contributed by atoms with Crippen LogP contribution in [0.5, 0.6) is 0 Å². The normalized spacial score (nSPS) is 32.5. The molecule has 0 bridgehead atoms. The topological polar surface area (TPSA) is 15.3 Å². The number of benzene rings is 1. The molecule has 2 aliphatic carbocycles. The average molecular weight is 471 g/mol. The Morgan fingerprint density at radius 2 is 1.15 bits per heavy atom. The van der Waals surface area contributed by atoms with Crippen LogP contribution in [0.3, 0.4) is 0 Å². The average Bonchev–Trinajstić information content (AvgIpc) is 2.98. The van der Waals surface area contributed by atoms with Crippen molar-refractivity contribution in [1.29, 1.82) is 0 Å². The highest BCUT2D eigenvalue weighted by Crippen LogP contribution is 2.53. The van der Waals surface area contributed by atoms with Crippen molar-refractivity contribution < 1.29 is 0 Å². The minimum absolute atomic E-state index is 0.682. The van der Waals surface area contributed by atoms with Gasteiger partial charge in [-0.3, -0.25) is 0 Å². The van der Waals surface area contributed by atoms with Crippen LogP contribution in [-0.4, -0.2) is 28.4 Å². The highest BCUT2D eigenvalue weighted by molar-refractivity contribution is 6.91. The van der Waals surface area contributed by atoms with E-state index in [-0.39, 0.29) is 0 Å². The molecule has 0 amide bonds. The van der Waals surface area contributed by atoms with Gasteiger partial charge in [0.2, 0.25) is 0 Å². The second kappa shape index (κ2) is 12.2. The molecule has 188 valence electrons. The zero-order valence-electron chi connectivity index (χ0n) is 23.0. The Balaban J connectivity index is 1.96. The molecule has 0 aliphatic heterocycles. The van der Waals surface area contributed by atoms with E-state index >= 15 is 0 Å². The van der Waals surface area contributed by atoms with E-state index in [1.54, 1.807) is 5.19 Å². The fourth-order valence-corrected chi connectivity index (χ4v) is 13.4. The molecule has 3 heteroatoms. The maximum absolute atomic E-state index is 4.55. The summed E-state index contributed by atoms with van der Waals surface area (Å²) >= 11 is 0. The Kier molecular flexibility index (Phi) is 9.94. The van der Waals surface area contributed by atoms with Gasteiger partial charge in [-0.2, -0.15) is 0 Å². The summed E-state index contributed by atoms with van der Waals surface area (Å²) in [6.07, 6.45) is 15.6. The first-order valence-electron chi connectivity index (χ1n) is 14.3. The predicted molar refractivity (Wildman–Crippen MR) is 150 cm³/mol. The van der Waals surface area contributed by atoms with Crippen LogP contribution in [0, 0.1) is 23.7 Å². The van der Waals surface area contributed by atoms with Crippen molar-refractivity contribution in [3.8, 4) is 0 Å². The van der Waals surface area contributed by atoms with E-state index in [1.165, 1.54) is 76.3 Å². The quantitative estimate of drug-likeness (QED) is 0.443. The number of anilines is 1. The summed E-state index contributed by atoms with van der Waals surface area (Å²) in [4.78, 5) is 6.91. The molecule has 0 heterocycles. The van der Waals surface area contributed by atoms with Crippen LogP contribution in [-0.2, 0) is 0 Å². The lowest BCUT2D eigenvalue weighted by Crippen LogP contribution is -2.66. The molecular weight excluding hydrogens is 416 g/mol. The first-order chi connectivity index (χ1) is 15.8. The molecule has 3 rings (SSSR count). The molecule has 0 aromatic heterocycles. The largest absolute Gasteiger partial charge is 0.378 e. The molecule has 0 spiro atoms. The number of nitrogens with one attached hydrogen (secondary N) is 1. The number of hydrogen-bond acceptors (Lipinski definition) is 2. The number of nitrogens with zero attached hydrogens (tertiary/aromatic N) is 1. The maximum Gasteiger partial charge on any atom is 0.161 e. The molecule has 1 aromatic rings. The Morgan fingerprint density at radius 3 is 1.64 bits per heavy atom. The van der Waals surface area contributed by atoms with Gasteiger partial charge in [0.1, 0.15) is 0 Å². The minimum Gasteiger partial charge on any atom is -0.378 e. The molecule has 2 saturated carbocycles. The van der Waals surface area contributed by atoms with Crippen LogP contribution in [0.15, 0.2) is 24.3 Å². The van der Waals surface area contributed by atoms with Crippen molar-refractivity contribution in [3.05, 3.63) is 24.3 Å². The Morgan fingerprint density at radius 1 is 0.697 bits per heavy atom. The fourth-order valence-electron chi connectivity index (χ4n) is 7.53. The van der Waals surface area contributed by atoms with Crippen molar-refractivity contribution >= 4 is 19.1 Å². The fraction of sp³-hybridized carbons (Fsp3) is 0.800. The van der Waals surface area contributed by atoms with E-state index in [2.05, 4.69) is 82.5 Å². The zero-order valence-corrected chi connectivity index (χ0v) is 24.0. The predicted octanol–water partition coefficient (Wildman–Crippen LogP) is 7.73. The summed E-state index contributed by atoms with van der Waals surface area (Å²) in [7, 11) is 2.49. The van der Waals surface area contributed by atoms with E-state index in [0.717, 1.165) is 29.2 Å². The van der Waals surface area contributed by atoms with Crippen LogP contribution in [0.2, 0.25) is 12.1 Å². The van der Waals surface area contributed by atoms with Crippen LogP contribution < -0.4 is 15.1 Å². The summed E-state index contributed by atoms with van der Waals surface area (Å²) in [5, 5.41) is 1.64. The molecule has 0 radical (unpaired) electrons. The lowest BCUT2D eigenvalue weighted by Gasteiger charge is -2.44. The van der Waals surface area contributed by atoms with Gasteiger partial charge in [0.15, 0.2) is 8.24 Å². The first-order valence-corrected chi connectivity index (χ1v) is 16.9. The van der Waals surface area contributed by atoms with E-state index in [1.807, 2.05) is 0 Å². The molecule has 33 heavy (non-hydrogen) atoms. The summed E-state index contributed by atoms with van der Waals surface area (Å²) in [6.45, 7) is 12.9. The van der Waals surface area contributed by atoms with Gasteiger partial charge in [-0.05, 0) is 53.3 Å². The van der Waals surface area contributed by atoms with Gasteiger partial charge < -0.3 is 9.88 Å². The molecule has 2 nitrogen and oxygen atoms in total. The molecule has 1 N–H and O–H groups in total. The molecule has 1 aromatic carbocycles. The Hall–Kier alpha value is -0.803. The van der Waals surface area contributed by atoms with Gasteiger partial charge in [0, 0.05) is 25.8 Å². The number of hydrogen-bond donors (Lipinski definition) is 1. The monoisotopic (exact) mass is 470 g/mol. The van der Waals surface area contributed by atoms with Gasteiger partial charge in [-0.25, -0.2) is 0 Å². The van der Waals surface area contributed by atoms with Crippen LogP contribution in [0.1, 0.15) is 98.3 Å². The SMILES string of the molecule is CC1C(C)C(C)C([Si@](C)(NC2CCCCCCCCCCC2)c2ccccc2N(C)C)C1C. The Bertz CT molecular complexity index is 693. The second-order valence-electron chi connectivity index (χ2n) is 12.2. The second-order valence-corrected chi connectivity index (χ2v) is 16.1. The van der Waals surface area contributed by atoms with Gasteiger partial charge in [-0.1, -0.05) is 110 Å². The molecule has 2 fully saturated rings. The van der Waals surface area contributed by atoms with Crippen LogP contribution in [0.4, 0.5) is 5.69 Å². The van der Waals surface area contributed by atoms with Crippen LogP contribution in [0.25, 0.3) is 0 Å². The van der Waals surface area contributed by atoms with E-state index in [0.29, 0.717) is 6.04 Å². The van der Waals surface area contributed by atoms with E-state index in [9.17, 15) is 0 Å². The van der Waals surface area contributed by atoms with Crippen molar-refractivity contribution in [2.45, 2.75) is 116 Å². The molecule has 5 atom stereocenters. The summed E-state index contributed by atoms with van der Waals surface area (Å²) in [5.74, 6) is 3.17. The molecule has 2 aliphatic rings. The first kappa shape index (κ1) is 26.8. The minimum atomic E-state index is -1.98. The lowest BCUT2D eigenvalue weighted by molar-refractivity contribution is 0.352. The smallest absolute Gasteiger partial charge is 0.161 e. The van der Waals surface area contributed by atoms with Gasteiger partial charge >= 0.3 is 0 Å². The highest BCUT2D eigenvalue weighted by Gasteiger charge is 2.53. The summed E-state index contributed by atoms with van der Waals surface area (Å²) in [5.41, 5.74) is 2.23. The molecule has 0 saturated heterocycles. The van der Waals surface area contributed by atoms with Gasteiger partial charge in [0.05, 0.1) is 0 Å². The third-order valence-corrected chi connectivity index (χ3v) is 14.8. The summed E-state index contributed by atoms with van der Waals surface area (Å²) < 4.78 is 0. The van der Waals surface area contributed by atoms with Crippen molar-refractivity contribution in [3.63, 3.8) is 0 Å². The van der Waals surface area contributed by atoms with Crippen molar-refractivity contribution in [2.24, 2.45) is 23.7 Å². The third kappa shape index (κ3) is 6.26. The van der Waals surface area contributed by atoms with Crippen LogP contribution >= 0.6 is 0 Å².